The summed E-state index contributed by atoms with van der Waals surface area (Å²) in [4.78, 5) is 16.6. The summed E-state index contributed by atoms with van der Waals surface area (Å²) in [7, 11) is -3.72. The van der Waals surface area contributed by atoms with E-state index < -0.39 is 10.0 Å². The first-order valence-corrected chi connectivity index (χ1v) is 11.9. The van der Waals surface area contributed by atoms with Crippen LogP contribution in [0.3, 0.4) is 0 Å². The molecule has 158 valence electrons. The normalized spacial score (nSPS) is 16.5. The lowest BCUT2D eigenvalue weighted by Crippen LogP contribution is -2.34. The summed E-state index contributed by atoms with van der Waals surface area (Å²) in [5, 5.41) is 5.85. The molecular formula is C20H22N4O4S2. The zero-order chi connectivity index (χ0) is 21.1. The van der Waals surface area contributed by atoms with Gasteiger partial charge in [-0.05, 0) is 50.1 Å². The summed E-state index contributed by atoms with van der Waals surface area (Å²) < 4.78 is 33.9. The lowest BCUT2D eigenvalue weighted by molar-refractivity contribution is 0.112. The average molecular weight is 447 g/mol. The van der Waals surface area contributed by atoms with Gasteiger partial charge in [0.25, 0.3) is 10.0 Å². The summed E-state index contributed by atoms with van der Waals surface area (Å²) in [5.41, 5.74) is 2.23. The Labute approximate surface area is 178 Å². The van der Waals surface area contributed by atoms with E-state index in [4.69, 9.17) is 4.74 Å². The van der Waals surface area contributed by atoms with E-state index in [2.05, 4.69) is 20.3 Å². The van der Waals surface area contributed by atoms with Gasteiger partial charge in [0, 0.05) is 18.8 Å². The highest BCUT2D eigenvalue weighted by Gasteiger charge is 2.18. The molecule has 0 bridgehead atoms. The van der Waals surface area contributed by atoms with Gasteiger partial charge in [-0.15, -0.1) is 0 Å². The average Bonchev–Trinajstić information content (AvgIpc) is 3.35. The number of hydrogen-bond donors (Lipinski definition) is 3. The first-order valence-electron chi connectivity index (χ1n) is 9.55. The van der Waals surface area contributed by atoms with Crippen molar-refractivity contribution in [3.8, 4) is 0 Å². The van der Waals surface area contributed by atoms with Crippen LogP contribution in [-0.4, -0.2) is 38.7 Å². The fourth-order valence-electron chi connectivity index (χ4n) is 3.12. The number of fused-ring (bicyclic) bond motifs is 1. The van der Waals surface area contributed by atoms with Gasteiger partial charge in [-0.3, -0.25) is 4.72 Å². The maximum Gasteiger partial charge on any atom is 0.319 e. The minimum Gasteiger partial charge on any atom is -0.376 e. The maximum atomic E-state index is 12.6. The van der Waals surface area contributed by atoms with Crippen LogP contribution in [0.2, 0.25) is 0 Å². The molecule has 2 amide bonds. The number of rotatable bonds is 6. The first kappa shape index (κ1) is 20.6. The number of ether oxygens (including phenoxy) is 1. The Morgan fingerprint density at radius 1 is 1.23 bits per heavy atom. The smallest absolute Gasteiger partial charge is 0.319 e. The van der Waals surface area contributed by atoms with E-state index in [1.165, 1.54) is 11.3 Å². The van der Waals surface area contributed by atoms with Crippen LogP contribution in [-0.2, 0) is 14.8 Å². The lowest BCUT2D eigenvalue weighted by Gasteiger charge is -2.11. The predicted octanol–water partition coefficient (Wildman–Crippen LogP) is 3.71. The molecule has 2 aromatic carbocycles. The molecule has 8 nitrogen and oxygen atoms in total. The highest BCUT2D eigenvalue weighted by molar-refractivity contribution is 7.93. The second-order valence-electron chi connectivity index (χ2n) is 7.09. The maximum absolute atomic E-state index is 12.6. The lowest BCUT2D eigenvalue weighted by atomic mass is 10.2. The number of aromatic nitrogens is 1. The van der Waals surface area contributed by atoms with E-state index in [1.54, 1.807) is 42.5 Å². The van der Waals surface area contributed by atoms with Crippen molar-refractivity contribution < 1.29 is 17.9 Å². The van der Waals surface area contributed by atoms with Gasteiger partial charge in [0.15, 0.2) is 5.13 Å². The van der Waals surface area contributed by atoms with Gasteiger partial charge in [-0.1, -0.05) is 29.0 Å². The predicted molar refractivity (Wildman–Crippen MR) is 118 cm³/mol. The summed E-state index contributed by atoms with van der Waals surface area (Å²) in [5.74, 6) is 0. The van der Waals surface area contributed by atoms with E-state index in [0.29, 0.717) is 17.7 Å². The quantitative estimate of drug-likeness (QED) is 0.535. The Hall–Kier alpha value is -2.69. The molecule has 1 atom stereocenters. The Morgan fingerprint density at radius 3 is 2.77 bits per heavy atom. The molecule has 0 spiro atoms. The number of carbonyl (C=O) groups is 1. The van der Waals surface area contributed by atoms with E-state index in [0.717, 1.165) is 29.7 Å². The molecule has 3 N–H and O–H groups in total. The zero-order valence-electron chi connectivity index (χ0n) is 16.3. The molecule has 1 unspecified atom stereocenters. The minimum atomic E-state index is -3.72. The number of benzene rings is 2. The van der Waals surface area contributed by atoms with Crippen LogP contribution in [0.25, 0.3) is 10.2 Å². The Balaban J connectivity index is 1.43. The Morgan fingerprint density at radius 2 is 2.03 bits per heavy atom. The number of aryl methyl sites for hydroxylation is 1. The summed E-state index contributed by atoms with van der Waals surface area (Å²) in [6.07, 6.45) is 2.05. The molecule has 0 aliphatic carbocycles. The molecule has 1 fully saturated rings. The first-order chi connectivity index (χ1) is 14.4. The van der Waals surface area contributed by atoms with E-state index >= 15 is 0 Å². The van der Waals surface area contributed by atoms with Gasteiger partial charge in [-0.2, -0.15) is 0 Å². The van der Waals surface area contributed by atoms with Crippen LogP contribution in [0.4, 0.5) is 15.6 Å². The second kappa shape index (κ2) is 8.58. The summed E-state index contributed by atoms with van der Waals surface area (Å²) >= 11 is 1.20. The monoisotopic (exact) mass is 446 g/mol. The number of hydrogen-bond acceptors (Lipinski definition) is 6. The third-order valence-corrected chi connectivity index (χ3v) is 7.13. The van der Waals surface area contributed by atoms with Crippen molar-refractivity contribution in [3.63, 3.8) is 0 Å². The number of thiazole rings is 1. The van der Waals surface area contributed by atoms with Gasteiger partial charge in [-0.25, -0.2) is 18.2 Å². The Bertz CT molecular complexity index is 1150. The van der Waals surface area contributed by atoms with Crippen molar-refractivity contribution in [3.05, 3.63) is 48.0 Å². The largest absolute Gasteiger partial charge is 0.376 e. The van der Waals surface area contributed by atoms with Crippen molar-refractivity contribution in [1.82, 2.24) is 10.3 Å². The molecule has 4 rings (SSSR count). The standard InChI is InChI=1S/C20H22N4O4S2/c1-13-4-7-16(8-5-13)30(26,27)24-20-23-17-9-6-14(11-18(17)29-20)22-19(25)21-12-15-3-2-10-28-15/h4-9,11,15H,2-3,10,12H2,1H3,(H,23,24)(H2,21,22,25). The van der Waals surface area contributed by atoms with Gasteiger partial charge < -0.3 is 15.4 Å². The van der Waals surface area contributed by atoms with Gasteiger partial charge in [0.1, 0.15) is 0 Å². The molecular weight excluding hydrogens is 424 g/mol. The number of amides is 2. The van der Waals surface area contributed by atoms with Crippen molar-refractivity contribution >= 4 is 48.4 Å². The molecule has 30 heavy (non-hydrogen) atoms. The molecule has 0 radical (unpaired) electrons. The topological polar surface area (TPSA) is 109 Å². The minimum absolute atomic E-state index is 0.0730. The molecule has 0 saturated carbocycles. The number of carbonyl (C=O) groups excluding carboxylic acids is 1. The van der Waals surface area contributed by atoms with E-state index in [9.17, 15) is 13.2 Å². The second-order valence-corrected chi connectivity index (χ2v) is 9.80. The number of anilines is 2. The summed E-state index contributed by atoms with van der Waals surface area (Å²) in [6.45, 7) is 3.11. The van der Waals surface area contributed by atoms with E-state index in [1.807, 2.05) is 6.92 Å². The summed E-state index contributed by atoms with van der Waals surface area (Å²) in [6, 6.07) is 11.5. The van der Waals surface area contributed by atoms with Crippen LogP contribution >= 0.6 is 11.3 Å². The molecule has 1 aliphatic rings. The third-order valence-electron chi connectivity index (χ3n) is 4.71. The molecule has 2 heterocycles. The van der Waals surface area contributed by atoms with Crippen molar-refractivity contribution in [2.45, 2.75) is 30.8 Å². The van der Waals surface area contributed by atoms with Crippen LogP contribution in [0, 0.1) is 6.92 Å². The van der Waals surface area contributed by atoms with Crippen molar-refractivity contribution in [1.29, 1.82) is 0 Å². The molecule has 3 aromatic rings. The van der Waals surface area contributed by atoms with E-state index in [-0.39, 0.29) is 22.2 Å². The van der Waals surface area contributed by atoms with Gasteiger partial charge in [0.2, 0.25) is 0 Å². The third kappa shape index (κ3) is 4.89. The number of sulfonamides is 1. The number of nitrogens with zero attached hydrogens (tertiary/aromatic N) is 1. The van der Waals surface area contributed by atoms with Crippen LogP contribution in [0.15, 0.2) is 47.4 Å². The molecule has 10 heteroatoms. The van der Waals surface area contributed by atoms with Crippen molar-refractivity contribution in [2.75, 3.05) is 23.2 Å². The molecule has 1 saturated heterocycles. The van der Waals surface area contributed by atoms with Gasteiger partial charge >= 0.3 is 6.03 Å². The van der Waals surface area contributed by atoms with Crippen LogP contribution in [0.5, 0.6) is 0 Å². The Kier molecular flexibility index (Phi) is 5.89. The van der Waals surface area contributed by atoms with Gasteiger partial charge in [0.05, 0.1) is 21.2 Å². The number of urea groups is 1. The van der Waals surface area contributed by atoms with Crippen LogP contribution < -0.4 is 15.4 Å². The SMILES string of the molecule is Cc1ccc(S(=O)(=O)Nc2nc3ccc(NC(=O)NCC4CCCO4)cc3s2)cc1. The fourth-order valence-corrected chi connectivity index (χ4v) is 5.26. The highest BCUT2D eigenvalue weighted by Crippen LogP contribution is 2.30. The molecule has 1 aromatic heterocycles. The molecule has 1 aliphatic heterocycles. The highest BCUT2D eigenvalue weighted by atomic mass is 32.2. The fraction of sp³-hybridized carbons (Fsp3) is 0.300. The zero-order valence-corrected chi connectivity index (χ0v) is 18.0. The van der Waals surface area contributed by atoms with Crippen molar-refractivity contribution in [2.24, 2.45) is 0 Å². The number of nitrogens with one attached hydrogen (secondary N) is 3. The van der Waals surface area contributed by atoms with Crippen LogP contribution in [0.1, 0.15) is 18.4 Å².